The molecule has 0 saturated heterocycles. The minimum Gasteiger partial charge on any atom is -0.456 e. The molecule has 1 heterocycles. The van der Waals surface area contributed by atoms with Gasteiger partial charge in [0.15, 0.2) is 0 Å². The summed E-state index contributed by atoms with van der Waals surface area (Å²) in [5.74, 6) is -0.281. The van der Waals surface area contributed by atoms with Crippen LogP contribution in [0.4, 0.5) is 0 Å². The topological polar surface area (TPSA) is 35.5 Å². The molecule has 84 valence electrons. The second-order valence-corrected chi connectivity index (χ2v) is 3.70. The molecule has 3 nitrogen and oxygen atoms in total. The predicted molar refractivity (Wildman–Crippen MR) is 59.8 cm³/mol. The minimum absolute atomic E-state index is 0.0343. The van der Waals surface area contributed by atoms with Gasteiger partial charge in [0.25, 0.3) is 0 Å². The van der Waals surface area contributed by atoms with Gasteiger partial charge in [0.2, 0.25) is 0 Å². The van der Waals surface area contributed by atoms with Crippen molar-refractivity contribution < 1.29 is 14.3 Å². The zero-order valence-electron chi connectivity index (χ0n) is 9.13. The molecule has 0 unspecified atom stereocenters. The highest BCUT2D eigenvalue weighted by molar-refractivity contribution is 5.66. The smallest absolute Gasteiger partial charge is 0.303 e. The molecule has 16 heavy (non-hydrogen) atoms. The number of carbonyl (C=O) groups excluding carboxylic acids is 1. The summed E-state index contributed by atoms with van der Waals surface area (Å²) in [6.07, 6.45) is 3.51. The molecular formula is C13H14O3. The highest BCUT2D eigenvalue weighted by Gasteiger charge is 2.18. The summed E-state index contributed by atoms with van der Waals surface area (Å²) in [4.78, 5) is 10.8. The van der Waals surface area contributed by atoms with Crippen LogP contribution in [-0.2, 0) is 14.3 Å². The molecular weight excluding hydrogens is 204 g/mol. The van der Waals surface area contributed by atoms with Crippen molar-refractivity contribution in [3.8, 4) is 0 Å². The van der Waals surface area contributed by atoms with Crippen molar-refractivity contribution in [3.63, 3.8) is 0 Å². The number of carbonyl (C=O) groups is 1. The molecule has 0 radical (unpaired) electrons. The first-order chi connectivity index (χ1) is 7.75. The van der Waals surface area contributed by atoms with E-state index < -0.39 is 0 Å². The first-order valence-electron chi connectivity index (χ1n) is 5.28. The fourth-order valence-electron chi connectivity index (χ4n) is 1.67. The van der Waals surface area contributed by atoms with Crippen LogP contribution >= 0.6 is 0 Å². The lowest BCUT2D eigenvalue weighted by molar-refractivity contribution is -0.148. The monoisotopic (exact) mass is 218 g/mol. The van der Waals surface area contributed by atoms with E-state index in [1.807, 2.05) is 42.5 Å². The van der Waals surface area contributed by atoms with Crippen molar-refractivity contribution in [2.24, 2.45) is 0 Å². The third-order valence-electron chi connectivity index (χ3n) is 2.39. The van der Waals surface area contributed by atoms with E-state index in [0.717, 1.165) is 5.56 Å². The van der Waals surface area contributed by atoms with E-state index >= 15 is 0 Å². The van der Waals surface area contributed by atoms with Gasteiger partial charge in [-0.3, -0.25) is 4.79 Å². The first kappa shape index (κ1) is 10.9. The van der Waals surface area contributed by atoms with E-state index in [2.05, 4.69) is 0 Å². The van der Waals surface area contributed by atoms with Crippen LogP contribution in [0.2, 0.25) is 0 Å². The SMILES string of the molecule is CC(=O)O[C@@H]1C=C[C@H](c2ccccc2)OC1. The summed E-state index contributed by atoms with van der Waals surface area (Å²) in [6.45, 7) is 1.81. The fourth-order valence-corrected chi connectivity index (χ4v) is 1.67. The summed E-state index contributed by atoms with van der Waals surface area (Å²) in [6, 6.07) is 9.95. The summed E-state index contributed by atoms with van der Waals surface area (Å²) in [5.41, 5.74) is 1.11. The van der Waals surface area contributed by atoms with Crippen molar-refractivity contribution in [1.29, 1.82) is 0 Å². The summed E-state index contributed by atoms with van der Waals surface area (Å²) in [7, 11) is 0. The molecule has 0 fully saturated rings. The Bertz CT molecular complexity index is 383. The molecule has 0 amide bonds. The maximum Gasteiger partial charge on any atom is 0.303 e. The molecule has 2 atom stereocenters. The standard InChI is InChI=1S/C13H14O3/c1-10(14)16-12-7-8-13(15-9-12)11-5-3-2-4-6-11/h2-8,12-13H,9H2,1H3/t12-,13-/m1/s1. The maximum atomic E-state index is 10.8. The fraction of sp³-hybridized carbons (Fsp3) is 0.308. The Labute approximate surface area is 94.7 Å². The Kier molecular flexibility index (Phi) is 3.37. The van der Waals surface area contributed by atoms with Gasteiger partial charge in [0.05, 0.1) is 6.61 Å². The normalized spacial score (nSPS) is 24.1. The Morgan fingerprint density at radius 3 is 2.62 bits per heavy atom. The molecule has 0 bridgehead atoms. The molecule has 1 aromatic carbocycles. The number of ether oxygens (including phenoxy) is 2. The molecule has 2 rings (SSSR count). The van der Waals surface area contributed by atoms with Gasteiger partial charge in [-0.05, 0) is 11.6 Å². The van der Waals surface area contributed by atoms with Crippen LogP contribution in [0.3, 0.4) is 0 Å². The Balaban J connectivity index is 2.00. The largest absolute Gasteiger partial charge is 0.456 e. The van der Waals surface area contributed by atoms with E-state index in [1.54, 1.807) is 0 Å². The lowest BCUT2D eigenvalue weighted by Gasteiger charge is -2.23. The lowest BCUT2D eigenvalue weighted by Crippen LogP contribution is -2.24. The van der Waals surface area contributed by atoms with Gasteiger partial charge in [-0.25, -0.2) is 0 Å². The maximum absolute atomic E-state index is 10.8. The van der Waals surface area contributed by atoms with Crippen molar-refractivity contribution in [2.45, 2.75) is 19.1 Å². The van der Waals surface area contributed by atoms with Gasteiger partial charge in [-0.15, -0.1) is 0 Å². The van der Waals surface area contributed by atoms with Gasteiger partial charge in [0, 0.05) is 6.92 Å². The summed E-state index contributed by atoms with van der Waals surface area (Å²) < 4.78 is 10.6. The van der Waals surface area contributed by atoms with Crippen LogP contribution in [0.25, 0.3) is 0 Å². The zero-order chi connectivity index (χ0) is 11.4. The number of rotatable bonds is 2. The number of benzene rings is 1. The first-order valence-corrected chi connectivity index (χ1v) is 5.28. The minimum atomic E-state index is -0.281. The number of hydrogen-bond donors (Lipinski definition) is 0. The van der Waals surface area contributed by atoms with Crippen molar-refractivity contribution >= 4 is 5.97 Å². The third-order valence-corrected chi connectivity index (χ3v) is 2.39. The molecule has 0 saturated carbocycles. The quantitative estimate of drug-likeness (QED) is 0.564. The molecule has 3 heteroatoms. The van der Waals surface area contributed by atoms with E-state index in [1.165, 1.54) is 6.92 Å². The molecule has 1 aliphatic heterocycles. The zero-order valence-corrected chi connectivity index (χ0v) is 9.13. The highest BCUT2D eigenvalue weighted by atomic mass is 16.6. The van der Waals surface area contributed by atoms with Crippen LogP contribution in [0, 0.1) is 0 Å². The van der Waals surface area contributed by atoms with Crippen molar-refractivity contribution in [1.82, 2.24) is 0 Å². The van der Waals surface area contributed by atoms with Crippen LogP contribution in [0.5, 0.6) is 0 Å². The average molecular weight is 218 g/mol. The van der Waals surface area contributed by atoms with Crippen molar-refractivity contribution in [3.05, 3.63) is 48.0 Å². The van der Waals surface area contributed by atoms with Gasteiger partial charge in [-0.2, -0.15) is 0 Å². The number of esters is 1. The number of hydrogen-bond acceptors (Lipinski definition) is 3. The van der Waals surface area contributed by atoms with Gasteiger partial charge < -0.3 is 9.47 Å². The highest BCUT2D eigenvalue weighted by Crippen LogP contribution is 2.23. The molecule has 0 spiro atoms. The lowest BCUT2D eigenvalue weighted by atomic mass is 10.1. The molecule has 0 aliphatic carbocycles. The van der Waals surface area contributed by atoms with Crippen LogP contribution in [0.1, 0.15) is 18.6 Å². The Morgan fingerprint density at radius 2 is 2.06 bits per heavy atom. The average Bonchev–Trinajstić information content (AvgIpc) is 2.30. The second-order valence-electron chi connectivity index (χ2n) is 3.70. The van der Waals surface area contributed by atoms with E-state index in [4.69, 9.17) is 9.47 Å². The predicted octanol–water partition coefficient (Wildman–Crippen LogP) is 2.25. The summed E-state index contributed by atoms with van der Waals surface area (Å²) in [5, 5.41) is 0. The van der Waals surface area contributed by atoms with Crippen LogP contribution in [-0.4, -0.2) is 18.7 Å². The summed E-state index contributed by atoms with van der Waals surface area (Å²) >= 11 is 0. The molecule has 1 aliphatic rings. The second kappa shape index (κ2) is 4.94. The van der Waals surface area contributed by atoms with Crippen LogP contribution in [0.15, 0.2) is 42.5 Å². The van der Waals surface area contributed by atoms with Gasteiger partial charge >= 0.3 is 5.97 Å². The molecule has 1 aromatic rings. The van der Waals surface area contributed by atoms with E-state index in [0.29, 0.717) is 6.61 Å². The van der Waals surface area contributed by atoms with E-state index in [-0.39, 0.29) is 18.2 Å². The Hall–Kier alpha value is -1.61. The molecule has 0 aromatic heterocycles. The van der Waals surface area contributed by atoms with Crippen molar-refractivity contribution in [2.75, 3.05) is 6.61 Å². The van der Waals surface area contributed by atoms with Gasteiger partial charge in [-0.1, -0.05) is 36.4 Å². The van der Waals surface area contributed by atoms with E-state index in [9.17, 15) is 4.79 Å². The third kappa shape index (κ3) is 2.70. The Morgan fingerprint density at radius 1 is 1.31 bits per heavy atom. The van der Waals surface area contributed by atoms with Crippen LogP contribution < -0.4 is 0 Å². The van der Waals surface area contributed by atoms with Gasteiger partial charge in [0.1, 0.15) is 12.2 Å². The molecule has 0 N–H and O–H groups in total.